The lowest BCUT2D eigenvalue weighted by Gasteiger charge is -2.31. The molecule has 3 rings (SSSR count). The van der Waals surface area contributed by atoms with Crippen LogP contribution < -0.4 is 9.62 Å². The molecule has 10 heteroatoms. The molecule has 0 aliphatic carbocycles. The molecular weight excluding hydrogens is 456 g/mol. The van der Waals surface area contributed by atoms with Gasteiger partial charge in [-0.2, -0.15) is 0 Å². The van der Waals surface area contributed by atoms with E-state index in [0.717, 1.165) is 22.9 Å². The van der Waals surface area contributed by atoms with Gasteiger partial charge in [-0.15, -0.1) is 10.2 Å². The standard InChI is InChI=1S/C21H23ClN4O3S2/c1-5-17(26(31(4,28)29)18-12-13(2)6-7-14(18)3)19(27)23-21-25-24-20(30-21)15-8-10-16(22)11-9-15/h6-12,17H,5H2,1-4H3,(H,23,25,27). The van der Waals surface area contributed by atoms with Gasteiger partial charge in [-0.3, -0.25) is 14.4 Å². The first-order valence-corrected chi connectivity index (χ1v) is 12.6. The van der Waals surface area contributed by atoms with Crippen LogP contribution in [0.15, 0.2) is 42.5 Å². The van der Waals surface area contributed by atoms with E-state index in [4.69, 9.17) is 11.6 Å². The van der Waals surface area contributed by atoms with Crippen LogP contribution in [0.1, 0.15) is 24.5 Å². The van der Waals surface area contributed by atoms with E-state index >= 15 is 0 Å². The van der Waals surface area contributed by atoms with Gasteiger partial charge in [0.2, 0.25) is 21.1 Å². The first-order valence-electron chi connectivity index (χ1n) is 9.57. The van der Waals surface area contributed by atoms with Crippen LogP contribution in [0.3, 0.4) is 0 Å². The van der Waals surface area contributed by atoms with Crippen LogP contribution >= 0.6 is 22.9 Å². The molecule has 31 heavy (non-hydrogen) atoms. The number of hydrogen-bond acceptors (Lipinski definition) is 6. The number of halogens is 1. The van der Waals surface area contributed by atoms with Crippen molar-refractivity contribution in [1.82, 2.24) is 10.2 Å². The van der Waals surface area contributed by atoms with E-state index < -0.39 is 22.0 Å². The average molecular weight is 479 g/mol. The molecule has 1 heterocycles. The number of benzene rings is 2. The molecule has 2 aromatic carbocycles. The zero-order chi connectivity index (χ0) is 22.8. The van der Waals surface area contributed by atoms with Gasteiger partial charge < -0.3 is 0 Å². The smallest absolute Gasteiger partial charge is 0.250 e. The number of hydrogen-bond donors (Lipinski definition) is 1. The van der Waals surface area contributed by atoms with Crippen molar-refractivity contribution in [2.24, 2.45) is 0 Å². The Kier molecular flexibility index (Phi) is 6.98. The molecule has 0 spiro atoms. The van der Waals surface area contributed by atoms with Crippen LogP contribution in [-0.4, -0.2) is 36.8 Å². The topological polar surface area (TPSA) is 92.3 Å². The summed E-state index contributed by atoms with van der Waals surface area (Å²) >= 11 is 7.12. The third-order valence-electron chi connectivity index (χ3n) is 4.68. The Bertz CT molecular complexity index is 1190. The summed E-state index contributed by atoms with van der Waals surface area (Å²) in [6.45, 7) is 5.47. The van der Waals surface area contributed by atoms with E-state index in [1.54, 1.807) is 25.1 Å². The van der Waals surface area contributed by atoms with Gasteiger partial charge in [-0.25, -0.2) is 8.42 Å². The first-order chi connectivity index (χ1) is 14.6. The van der Waals surface area contributed by atoms with E-state index in [9.17, 15) is 13.2 Å². The molecule has 0 saturated carbocycles. The van der Waals surface area contributed by atoms with Crippen molar-refractivity contribution in [2.45, 2.75) is 33.2 Å². The van der Waals surface area contributed by atoms with Crippen LogP contribution in [0, 0.1) is 13.8 Å². The number of nitrogens with one attached hydrogen (secondary N) is 1. The van der Waals surface area contributed by atoms with Crippen molar-refractivity contribution >= 4 is 49.7 Å². The molecule has 0 aliphatic heterocycles. The summed E-state index contributed by atoms with van der Waals surface area (Å²) in [5.74, 6) is -0.465. The monoisotopic (exact) mass is 478 g/mol. The van der Waals surface area contributed by atoms with Crippen molar-refractivity contribution in [3.8, 4) is 10.6 Å². The molecule has 1 aromatic heterocycles. The third kappa shape index (κ3) is 5.41. The fourth-order valence-electron chi connectivity index (χ4n) is 3.16. The van der Waals surface area contributed by atoms with Gasteiger partial charge in [0.05, 0.1) is 11.9 Å². The van der Waals surface area contributed by atoms with Gasteiger partial charge in [0, 0.05) is 10.6 Å². The largest absolute Gasteiger partial charge is 0.299 e. The molecule has 1 unspecified atom stereocenters. The number of amides is 1. The highest BCUT2D eigenvalue weighted by Gasteiger charge is 2.33. The van der Waals surface area contributed by atoms with Crippen LogP contribution in [0.4, 0.5) is 10.8 Å². The summed E-state index contributed by atoms with van der Waals surface area (Å²) in [6, 6.07) is 11.7. The highest BCUT2D eigenvalue weighted by Crippen LogP contribution is 2.30. The summed E-state index contributed by atoms with van der Waals surface area (Å²) < 4.78 is 26.5. The highest BCUT2D eigenvalue weighted by molar-refractivity contribution is 7.92. The Hall–Kier alpha value is -2.49. The van der Waals surface area contributed by atoms with Crippen molar-refractivity contribution in [3.63, 3.8) is 0 Å². The van der Waals surface area contributed by atoms with Crippen molar-refractivity contribution in [1.29, 1.82) is 0 Å². The molecule has 7 nitrogen and oxygen atoms in total. The summed E-state index contributed by atoms with van der Waals surface area (Å²) in [4.78, 5) is 13.1. The number of rotatable bonds is 7. The second kappa shape index (κ2) is 9.33. The predicted molar refractivity (Wildman–Crippen MR) is 126 cm³/mol. The second-order valence-electron chi connectivity index (χ2n) is 7.18. The molecule has 3 aromatic rings. The van der Waals surface area contributed by atoms with E-state index in [-0.39, 0.29) is 6.42 Å². The number of sulfonamides is 1. The fourth-order valence-corrected chi connectivity index (χ4v) is 5.30. The molecule has 1 atom stereocenters. The molecule has 1 N–H and O–H groups in total. The van der Waals surface area contributed by atoms with Crippen molar-refractivity contribution in [3.05, 3.63) is 58.6 Å². The van der Waals surface area contributed by atoms with Crippen molar-refractivity contribution < 1.29 is 13.2 Å². The van der Waals surface area contributed by atoms with E-state index in [2.05, 4.69) is 15.5 Å². The molecule has 1 amide bonds. The minimum Gasteiger partial charge on any atom is -0.299 e. The van der Waals surface area contributed by atoms with Gasteiger partial charge in [-0.05, 0) is 49.6 Å². The maximum absolute atomic E-state index is 13.1. The van der Waals surface area contributed by atoms with Gasteiger partial charge in [0.15, 0.2) is 0 Å². The molecule has 164 valence electrons. The Labute approximate surface area is 191 Å². The number of nitrogens with zero attached hydrogens (tertiary/aromatic N) is 3. The summed E-state index contributed by atoms with van der Waals surface area (Å²) in [6.07, 6.45) is 1.39. The SMILES string of the molecule is CCC(C(=O)Nc1nnc(-c2ccc(Cl)cc2)s1)N(c1cc(C)ccc1C)S(C)(=O)=O. The minimum absolute atomic E-state index is 0.287. The van der Waals surface area contributed by atoms with Gasteiger partial charge in [0.25, 0.3) is 0 Å². The predicted octanol–water partition coefficient (Wildman–Crippen LogP) is 4.66. The lowest BCUT2D eigenvalue weighted by atomic mass is 10.1. The van der Waals surface area contributed by atoms with Gasteiger partial charge >= 0.3 is 0 Å². The Balaban J connectivity index is 1.89. The summed E-state index contributed by atoms with van der Waals surface area (Å²) in [5.41, 5.74) is 2.98. The number of carbonyl (C=O) groups excluding carboxylic acids is 1. The van der Waals surface area contributed by atoms with Crippen LogP contribution in [-0.2, 0) is 14.8 Å². The second-order valence-corrected chi connectivity index (χ2v) is 10.5. The van der Waals surface area contributed by atoms with Gasteiger partial charge in [-0.1, -0.05) is 54.1 Å². The highest BCUT2D eigenvalue weighted by atomic mass is 35.5. The summed E-state index contributed by atoms with van der Waals surface area (Å²) in [7, 11) is -3.72. The molecular formula is C21H23ClN4O3S2. The lowest BCUT2D eigenvalue weighted by Crippen LogP contribution is -2.47. The quantitative estimate of drug-likeness (QED) is 0.533. The van der Waals surface area contributed by atoms with Crippen LogP contribution in [0.2, 0.25) is 5.02 Å². The number of aromatic nitrogens is 2. The third-order valence-corrected chi connectivity index (χ3v) is 6.98. The average Bonchev–Trinajstić information content (AvgIpc) is 3.16. The molecule has 0 radical (unpaired) electrons. The van der Waals surface area contributed by atoms with E-state index in [1.807, 2.05) is 38.1 Å². The minimum atomic E-state index is -3.72. The van der Waals surface area contributed by atoms with Crippen LogP contribution in [0.5, 0.6) is 0 Å². The number of anilines is 2. The van der Waals surface area contributed by atoms with E-state index in [1.165, 1.54) is 15.6 Å². The first kappa shape index (κ1) is 23.2. The lowest BCUT2D eigenvalue weighted by molar-refractivity contribution is -0.117. The maximum Gasteiger partial charge on any atom is 0.250 e. The number of aryl methyl sites for hydroxylation is 2. The summed E-state index contributed by atoms with van der Waals surface area (Å²) in [5, 5.41) is 12.4. The molecule has 0 aliphatic rings. The van der Waals surface area contributed by atoms with Gasteiger partial charge in [0.1, 0.15) is 11.0 Å². The maximum atomic E-state index is 13.1. The van der Waals surface area contributed by atoms with Crippen molar-refractivity contribution in [2.75, 3.05) is 15.9 Å². The number of carbonyl (C=O) groups is 1. The Morgan fingerprint density at radius 3 is 2.45 bits per heavy atom. The Morgan fingerprint density at radius 2 is 1.84 bits per heavy atom. The Morgan fingerprint density at radius 1 is 1.16 bits per heavy atom. The van der Waals surface area contributed by atoms with E-state index in [0.29, 0.717) is 20.8 Å². The zero-order valence-corrected chi connectivity index (χ0v) is 20.0. The normalized spacial score (nSPS) is 12.4. The van der Waals surface area contributed by atoms with Crippen LogP contribution in [0.25, 0.3) is 10.6 Å². The fraction of sp³-hybridized carbons (Fsp3) is 0.286. The molecule has 0 saturated heterocycles. The zero-order valence-electron chi connectivity index (χ0n) is 17.6. The molecule has 0 bridgehead atoms. The molecule has 0 fully saturated rings.